The van der Waals surface area contributed by atoms with Crippen LogP contribution in [0, 0.1) is 83.1 Å². The molecule has 9 aromatic rings. The molecule has 0 spiro atoms. The first-order valence-corrected chi connectivity index (χ1v) is 26.0. The van der Waals surface area contributed by atoms with Crippen molar-refractivity contribution in [2.24, 2.45) is 0 Å². The van der Waals surface area contributed by atoms with Crippen LogP contribution in [0.2, 0.25) is 0 Å². The van der Waals surface area contributed by atoms with E-state index in [-0.39, 0.29) is 13.4 Å². The van der Waals surface area contributed by atoms with Crippen LogP contribution in [0.5, 0.6) is 0 Å². The topological polar surface area (TPSA) is 0 Å². The van der Waals surface area contributed by atoms with Gasteiger partial charge in [-0.2, -0.15) is 0 Å². The second-order valence-corrected chi connectivity index (χ2v) is 23.5. The molecule has 314 valence electrons. The number of aryl methyl sites for hydroxylation is 12. The monoisotopic (exact) mass is 908 g/mol. The number of thiophene rings is 5. The van der Waals surface area contributed by atoms with Gasteiger partial charge in [-0.3, -0.25) is 0 Å². The highest BCUT2D eigenvalue weighted by Crippen LogP contribution is 2.44. The molecule has 7 heteroatoms. The van der Waals surface area contributed by atoms with Gasteiger partial charge in [0.1, 0.15) is 0 Å². The summed E-state index contributed by atoms with van der Waals surface area (Å²) >= 11 is 9.66. The standard InChI is InChI=1S/C56H54B2S5/c1-31-23-35(5)53(36(6)24-31)57(54-37(7)25-32(2)26-38(54)8)51-21-19-49(62-51)47-17-15-45(60-47)43-13-14-44(59-43)46-16-18-48(61-46)50-20-22-52(63-50)58(55-39(9)27-33(3)28-40(55)10)56-41(11)29-34(4)30-42(56)12/h13-30H,1-12H3. The quantitative estimate of drug-likeness (QED) is 0.120. The van der Waals surface area contributed by atoms with Gasteiger partial charge in [0.2, 0.25) is 0 Å². The molecule has 0 aliphatic heterocycles. The lowest BCUT2D eigenvalue weighted by atomic mass is 9.37. The van der Waals surface area contributed by atoms with Crippen molar-refractivity contribution in [3.05, 3.63) is 176 Å². The SMILES string of the molecule is Cc1cc(C)c(B(c2ccc(-c3ccc(-c4ccc(-c5ccc(-c6ccc(B(c7c(C)cc(C)cc7C)c7c(C)cc(C)cc7C)s6)s5)s4)s3)s2)c2c(C)cc(C)cc2C)c(C)c1. The van der Waals surface area contributed by atoms with Crippen LogP contribution in [0.1, 0.15) is 66.8 Å². The lowest BCUT2D eigenvalue weighted by Gasteiger charge is -2.23. The summed E-state index contributed by atoms with van der Waals surface area (Å²) in [5.41, 5.74) is 22.1. The summed E-state index contributed by atoms with van der Waals surface area (Å²) in [5.74, 6) is 0. The molecule has 0 saturated carbocycles. The third kappa shape index (κ3) is 8.49. The van der Waals surface area contributed by atoms with Gasteiger partial charge in [0, 0.05) is 39.0 Å². The molecule has 0 saturated heterocycles. The Morgan fingerprint density at radius 3 is 0.619 bits per heavy atom. The molecule has 0 unspecified atom stereocenters. The Morgan fingerprint density at radius 2 is 0.413 bits per heavy atom. The first-order chi connectivity index (χ1) is 30.1. The van der Waals surface area contributed by atoms with Gasteiger partial charge < -0.3 is 0 Å². The maximum absolute atomic E-state index is 2.39. The van der Waals surface area contributed by atoms with Gasteiger partial charge >= 0.3 is 0 Å². The Hall–Kier alpha value is -4.49. The summed E-state index contributed by atoms with van der Waals surface area (Å²) in [5, 5.41) is 0. The first-order valence-electron chi connectivity index (χ1n) is 21.9. The Balaban J connectivity index is 0.993. The van der Waals surface area contributed by atoms with Crippen LogP contribution in [-0.2, 0) is 0 Å². The van der Waals surface area contributed by atoms with E-state index in [9.17, 15) is 0 Å². The van der Waals surface area contributed by atoms with E-state index < -0.39 is 0 Å². The van der Waals surface area contributed by atoms with E-state index >= 15 is 0 Å². The second-order valence-electron chi connectivity index (χ2n) is 18.0. The minimum absolute atomic E-state index is 0.199. The number of hydrogen-bond donors (Lipinski definition) is 0. The van der Waals surface area contributed by atoms with Crippen molar-refractivity contribution in [2.45, 2.75) is 83.1 Å². The van der Waals surface area contributed by atoms with Crippen molar-refractivity contribution in [1.29, 1.82) is 0 Å². The lowest BCUT2D eigenvalue weighted by Crippen LogP contribution is -2.54. The molecule has 5 heterocycles. The fourth-order valence-electron chi connectivity index (χ4n) is 10.5. The number of rotatable bonds is 10. The first kappa shape index (κ1) is 43.7. The van der Waals surface area contributed by atoms with E-state index in [4.69, 9.17) is 0 Å². The van der Waals surface area contributed by atoms with Crippen molar-refractivity contribution >= 4 is 102 Å². The molecule has 0 bridgehead atoms. The fourth-order valence-corrected chi connectivity index (χ4v) is 16.2. The van der Waals surface area contributed by atoms with Crippen molar-refractivity contribution in [3.63, 3.8) is 0 Å². The summed E-state index contributed by atoms with van der Waals surface area (Å²) in [6, 6.07) is 42.3. The highest BCUT2D eigenvalue weighted by Gasteiger charge is 2.32. The third-order valence-corrected chi connectivity index (χ3v) is 19.1. The minimum atomic E-state index is 0.199. The van der Waals surface area contributed by atoms with Crippen LogP contribution in [0.4, 0.5) is 0 Å². The molecule has 0 N–H and O–H groups in total. The average molecular weight is 909 g/mol. The van der Waals surface area contributed by atoms with Gasteiger partial charge in [-0.25, -0.2) is 0 Å². The zero-order chi connectivity index (χ0) is 44.4. The van der Waals surface area contributed by atoms with E-state index in [1.165, 1.54) is 137 Å². The van der Waals surface area contributed by atoms with Crippen molar-refractivity contribution in [2.75, 3.05) is 0 Å². The summed E-state index contributed by atoms with van der Waals surface area (Å²) in [6.07, 6.45) is 0. The lowest BCUT2D eigenvalue weighted by molar-refractivity contribution is 1.34. The largest absolute Gasteiger partial charge is 0.255 e. The predicted octanol–water partition coefficient (Wildman–Crippen LogP) is 13.4. The van der Waals surface area contributed by atoms with E-state index in [0.29, 0.717) is 0 Å². The van der Waals surface area contributed by atoms with Crippen LogP contribution in [0.3, 0.4) is 0 Å². The molecule has 5 aromatic heterocycles. The van der Waals surface area contributed by atoms with Gasteiger partial charge in [-0.15, -0.1) is 56.7 Å². The van der Waals surface area contributed by atoms with Crippen molar-refractivity contribution in [1.82, 2.24) is 0 Å². The molecule has 0 nitrogen and oxygen atoms in total. The van der Waals surface area contributed by atoms with Gasteiger partial charge in [0.15, 0.2) is 0 Å². The molecule has 9 rings (SSSR count). The van der Waals surface area contributed by atoms with Crippen molar-refractivity contribution in [3.8, 4) is 39.0 Å². The molecule has 63 heavy (non-hydrogen) atoms. The zero-order valence-electron chi connectivity index (χ0n) is 38.6. The minimum Gasteiger partial charge on any atom is -0.148 e. The summed E-state index contributed by atoms with van der Waals surface area (Å²) in [7, 11) is 0. The molecular formula is C56H54B2S5. The summed E-state index contributed by atoms with van der Waals surface area (Å²) < 4.78 is 2.82. The number of benzene rings is 4. The van der Waals surface area contributed by atoms with Gasteiger partial charge in [0.25, 0.3) is 13.4 Å². The van der Waals surface area contributed by atoms with Gasteiger partial charge in [-0.1, -0.05) is 149 Å². The highest BCUT2D eigenvalue weighted by atomic mass is 32.1. The van der Waals surface area contributed by atoms with E-state index in [1.54, 1.807) is 0 Å². The van der Waals surface area contributed by atoms with E-state index in [2.05, 4.69) is 192 Å². The van der Waals surface area contributed by atoms with Gasteiger partial charge in [0.05, 0.1) is 0 Å². The third-order valence-electron chi connectivity index (χ3n) is 12.7. The van der Waals surface area contributed by atoms with Crippen LogP contribution in [0.15, 0.2) is 109 Å². The van der Waals surface area contributed by atoms with Crippen molar-refractivity contribution < 1.29 is 0 Å². The summed E-state index contributed by atoms with van der Waals surface area (Å²) in [6.45, 7) is 27.6. The molecule has 0 amide bonds. The Labute approximate surface area is 396 Å². The summed E-state index contributed by atoms with van der Waals surface area (Å²) in [4.78, 5) is 10.7. The van der Waals surface area contributed by atoms with E-state index in [1.807, 2.05) is 56.7 Å². The molecule has 0 aliphatic carbocycles. The highest BCUT2D eigenvalue weighted by molar-refractivity contribution is 7.34. The smallest absolute Gasteiger partial charge is 0.148 e. The predicted molar refractivity (Wildman–Crippen MR) is 289 cm³/mol. The van der Waals surface area contributed by atoms with Crippen LogP contribution in [-0.4, -0.2) is 13.4 Å². The Kier molecular flexibility index (Phi) is 12.1. The second kappa shape index (κ2) is 17.5. The van der Waals surface area contributed by atoms with E-state index in [0.717, 1.165) is 0 Å². The molecular weight excluding hydrogens is 855 g/mol. The maximum atomic E-state index is 2.39. The Bertz CT molecular complexity index is 2760. The molecule has 0 fully saturated rings. The van der Waals surface area contributed by atoms with Crippen LogP contribution in [0.25, 0.3) is 39.0 Å². The van der Waals surface area contributed by atoms with Crippen LogP contribution >= 0.6 is 56.7 Å². The van der Waals surface area contributed by atoms with Crippen LogP contribution < -0.4 is 31.4 Å². The van der Waals surface area contributed by atoms with Gasteiger partial charge in [-0.05, 0) is 141 Å². The zero-order valence-corrected chi connectivity index (χ0v) is 42.7. The average Bonchev–Trinajstić information content (AvgIpc) is 4.05. The molecule has 4 aromatic carbocycles. The number of hydrogen-bond acceptors (Lipinski definition) is 5. The molecule has 0 aliphatic rings. The maximum Gasteiger partial charge on any atom is 0.255 e. The molecule has 0 atom stereocenters. The molecule has 0 radical (unpaired) electrons. The fraction of sp³-hybridized carbons (Fsp3) is 0.214. The normalized spacial score (nSPS) is 11.5. The Morgan fingerprint density at radius 1 is 0.238 bits per heavy atom.